The van der Waals surface area contributed by atoms with Gasteiger partial charge in [0, 0.05) is 0 Å². The Bertz CT molecular complexity index is 939. The molecule has 1 aromatic rings. The molecule has 4 nitrogen and oxygen atoms in total. The molecule has 1 atom stereocenters. The molecule has 1 N–H and O–H groups in total. The first-order chi connectivity index (χ1) is 25.0. The van der Waals surface area contributed by atoms with Gasteiger partial charge in [-0.3, -0.25) is 0 Å². The molecule has 296 valence electrons. The number of hydrogen-bond acceptors (Lipinski definition) is 3. The number of esters is 1. The Labute approximate surface area is 317 Å². The molecule has 0 saturated carbocycles. The molecule has 1 aromatic carbocycles. The highest BCUT2D eigenvalue weighted by Crippen LogP contribution is 2.41. The first kappa shape index (κ1) is 47.2. The minimum atomic E-state index is -1.06. The Morgan fingerprint density at radius 1 is 0.490 bits per heavy atom. The average molecular weight is 713 g/mol. The molecule has 0 aliphatic rings. The summed E-state index contributed by atoms with van der Waals surface area (Å²) in [4.78, 5) is 26.4. The van der Waals surface area contributed by atoms with Crippen molar-refractivity contribution in [3.05, 3.63) is 35.4 Å². The van der Waals surface area contributed by atoms with Crippen LogP contribution in [0.4, 0.5) is 0 Å². The lowest BCUT2D eigenvalue weighted by Crippen LogP contribution is -2.43. The van der Waals surface area contributed by atoms with Gasteiger partial charge < -0.3 is 9.84 Å². The topological polar surface area (TPSA) is 63.6 Å². The maximum Gasteiger partial charge on any atom is 0.339 e. The molecule has 0 radical (unpaired) electrons. The molecule has 1 rings (SSSR count). The Balaban J connectivity index is 3.34. The summed E-state index contributed by atoms with van der Waals surface area (Å²) in [6.45, 7) is 9.10. The van der Waals surface area contributed by atoms with Gasteiger partial charge in [0.2, 0.25) is 0 Å². The molecule has 0 aliphatic carbocycles. The van der Waals surface area contributed by atoms with Gasteiger partial charge in [0.05, 0.1) is 11.1 Å². The van der Waals surface area contributed by atoms with Gasteiger partial charge in [-0.05, 0) is 56.6 Å². The summed E-state index contributed by atoms with van der Waals surface area (Å²) in [6, 6.07) is 6.68. The first-order valence-electron chi connectivity index (χ1n) is 22.5. The van der Waals surface area contributed by atoms with Crippen LogP contribution >= 0.6 is 0 Å². The molecular weight excluding hydrogens is 629 g/mol. The molecule has 0 amide bonds. The number of rotatable bonds is 37. The SMILES string of the molecule is CCCCCCCCCCC(CCCCCCCCC)(OC(=O)c1ccccc1C(=O)O)C(CCCCCCCCC)CCCCCCCCC. The van der Waals surface area contributed by atoms with E-state index in [0.717, 1.165) is 38.5 Å². The number of carbonyl (C=O) groups excluding carboxylic acids is 1. The third-order valence-corrected chi connectivity index (χ3v) is 11.4. The molecule has 0 aromatic heterocycles. The minimum Gasteiger partial charge on any atom is -0.478 e. The van der Waals surface area contributed by atoms with E-state index < -0.39 is 17.5 Å². The van der Waals surface area contributed by atoms with E-state index in [1.54, 1.807) is 24.3 Å². The van der Waals surface area contributed by atoms with Gasteiger partial charge in [0.25, 0.3) is 0 Å². The second kappa shape index (κ2) is 32.8. The fraction of sp³-hybridized carbons (Fsp3) is 0.830. The van der Waals surface area contributed by atoms with Crippen molar-refractivity contribution >= 4 is 11.9 Å². The Morgan fingerprint density at radius 3 is 1.16 bits per heavy atom. The summed E-state index contributed by atoms with van der Waals surface area (Å²) in [6.07, 6.45) is 40.6. The standard InChI is InChI=1S/C47H84O4/c1-5-9-13-17-21-25-29-35-41-47(40-34-28-24-20-16-12-8-4,51-46(50)44-39-33-32-38-43(44)45(48)49)42(36-30-26-22-18-14-10-6-2)37-31-27-23-19-15-11-7-3/h32-33,38-39,42H,5-31,34-37,40-41H2,1-4H3,(H,48,49). The van der Waals surface area contributed by atoms with E-state index in [0.29, 0.717) is 5.92 Å². The van der Waals surface area contributed by atoms with Gasteiger partial charge in [0.1, 0.15) is 5.60 Å². The van der Waals surface area contributed by atoms with Crippen molar-refractivity contribution in [3.63, 3.8) is 0 Å². The second-order valence-corrected chi connectivity index (χ2v) is 15.9. The van der Waals surface area contributed by atoms with Crippen molar-refractivity contribution in [1.29, 1.82) is 0 Å². The predicted molar refractivity (Wildman–Crippen MR) is 220 cm³/mol. The molecule has 0 spiro atoms. The lowest BCUT2D eigenvalue weighted by atomic mass is 9.73. The first-order valence-corrected chi connectivity index (χ1v) is 22.5. The van der Waals surface area contributed by atoms with Crippen LogP contribution in [-0.2, 0) is 4.74 Å². The zero-order valence-corrected chi connectivity index (χ0v) is 34.4. The highest BCUT2D eigenvalue weighted by Gasteiger charge is 2.41. The molecule has 0 fully saturated rings. The summed E-state index contributed by atoms with van der Waals surface area (Å²) in [5.41, 5.74) is -0.288. The Morgan fingerprint density at radius 2 is 0.804 bits per heavy atom. The van der Waals surface area contributed by atoms with E-state index in [4.69, 9.17) is 4.74 Å². The minimum absolute atomic E-state index is 0.0510. The molecule has 0 saturated heterocycles. The predicted octanol–water partition coefficient (Wildman–Crippen LogP) is 15.8. The van der Waals surface area contributed by atoms with Gasteiger partial charge in [0.15, 0.2) is 0 Å². The highest BCUT2D eigenvalue weighted by molar-refractivity contribution is 6.02. The number of carboxylic acid groups (broad SMARTS) is 1. The number of benzene rings is 1. The number of ether oxygens (including phenoxy) is 1. The van der Waals surface area contributed by atoms with E-state index in [9.17, 15) is 14.7 Å². The smallest absolute Gasteiger partial charge is 0.339 e. The van der Waals surface area contributed by atoms with Crippen LogP contribution in [0.25, 0.3) is 0 Å². The molecule has 51 heavy (non-hydrogen) atoms. The molecule has 4 heteroatoms. The van der Waals surface area contributed by atoms with Crippen LogP contribution in [0.2, 0.25) is 0 Å². The zero-order chi connectivity index (χ0) is 37.3. The Kier molecular flexibility index (Phi) is 30.3. The van der Waals surface area contributed by atoms with Crippen molar-refractivity contribution in [2.45, 2.75) is 245 Å². The van der Waals surface area contributed by atoms with Gasteiger partial charge in [-0.2, -0.15) is 0 Å². The molecule has 0 heterocycles. The normalized spacial score (nSPS) is 12.7. The van der Waals surface area contributed by atoms with Crippen molar-refractivity contribution in [3.8, 4) is 0 Å². The summed E-state index contributed by atoms with van der Waals surface area (Å²) in [7, 11) is 0. The maximum absolute atomic E-state index is 14.2. The number of aromatic carboxylic acids is 1. The van der Waals surface area contributed by atoms with Crippen molar-refractivity contribution < 1.29 is 19.4 Å². The van der Waals surface area contributed by atoms with Crippen LogP contribution in [0, 0.1) is 5.92 Å². The molecule has 0 aliphatic heterocycles. The highest BCUT2D eigenvalue weighted by atomic mass is 16.6. The summed E-state index contributed by atoms with van der Waals surface area (Å²) in [5, 5.41) is 10.00. The average Bonchev–Trinajstić information content (AvgIpc) is 3.13. The maximum atomic E-state index is 14.2. The number of carbonyl (C=O) groups is 2. The van der Waals surface area contributed by atoms with Crippen molar-refractivity contribution in [2.24, 2.45) is 5.92 Å². The van der Waals surface area contributed by atoms with Crippen LogP contribution in [0.15, 0.2) is 24.3 Å². The summed E-state index contributed by atoms with van der Waals surface area (Å²) in [5.74, 6) is -1.18. The van der Waals surface area contributed by atoms with Gasteiger partial charge >= 0.3 is 11.9 Å². The van der Waals surface area contributed by atoms with Crippen LogP contribution < -0.4 is 0 Å². The number of hydrogen-bond donors (Lipinski definition) is 1. The van der Waals surface area contributed by atoms with E-state index >= 15 is 0 Å². The summed E-state index contributed by atoms with van der Waals surface area (Å²) < 4.78 is 6.90. The number of carboxylic acids is 1. The van der Waals surface area contributed by atoms with E-state index in [-0.39, 0.29) is 11.1 Å². The molecule has 0 bridgehead atoms. The molecule has 1 unspecified atom stereocenters. The van der Waals surface area contributed by atoms with Crippen LogP contribution in [0.1, 0.15) is 260 Å². The van der Waals surface area contributed by atoms with Gasteiger partial charge in [-0.15, -0.1) is 0 Å². The van der Waals surface area contributed by atoms with Gasteiger partial charge in [-0.25, -0.2) is 9.59 Å². The summed E-state index contributed by atoms with van der Waals surface area (Å²) >= 11 is 0. The van der Waals surface area contributed by atoms with Crippen LogP contribution in [-0.4, -0.2) is 22.6 Å². The fourth-order valence-electron chi connectivity index (χ4n) is 8.11. The fourth-order valence-corrected chi connectivity index (χ4v) is 8.11. The quantitative estimate of drug-likeness (QED) is 0.0551. The Hall–Kier alpha value is -1.84. The molecular formula is C47H84O4. The lowest BCUT2D eigenvalue weighted by Gasteiger charge is -2.41. The third-order valence-electron chi connectivity index (χ3n) is 11.4. The third kappa shape index (κ3) is 22.8. The van der Waals surface area contributed by atoms with Crippen LogP contribution in [0.5, 0.6) is 0 Å². The second-order valence-electron chi connectivity index (χ2n) is 15.9. The largest absolute Gasteiger partial charge is 0.478 e. The van der Waals surface area contributed by atoms with E-state index in [2.05, 4.69) is 27.7 Å². The van der Waals surface area contributed by atoms with Crippen LogP contribution in [0.3, 0.4) is 0 Å². The van der Waals surface area contributed by atoms with Crippen molar-refractivity contribution in [2.75, 3.05) is 0 Å². The van der Waals surface area contributed by atoms with E-state index in [1.165, 1.54) is 173 Å². The monoisotopic (exact) mass is 713 g/mol. The van der Waals surface area contributed by atoms with E-state index in [1.807, 2.05) is 0 Å². The van der Waals surface area contributed by atoms with Crippen molar-refractivity contribution in [1.82, 2.24) is 0 Å². The van der Waals surface area contributed by atoms with Gasteiger partial charge in [-0.1, -0.05) is 213 Å². The number of unbranched alkanes of at least 4 members (excludes halogenated alkanes) is 25. The lowest BCUT2D eigenvalue weighted by molar-refractivity contribution is -0.0704. The zero-order valence-electron chi connectivity index (χ0n) is 34.4.